The molecular weight excluding hydrogens is 360 g/mol. The summed E-state index contributed by atoms with van der Waals surface area (Å²) < 4.78 is 1.79. The van der Waals surface area contributed by atoms with Gasteiger partial charge in [-0.15, -0.1) is 5.10 Å². The molecule has 0 aliphatic heterocycles. The number of hydrogen-bond acceptors (Lipinski definition) is 5. The molecule has 0 amide bonds. The van der Waals surface area contributed by atoms with E-state index in [1.807, 2.05) is 42.5 Å². The molecule has 2 aromatic carbocycles. The number of aromatic nitrogens is 5. The smallest absolute Gasteiger partial charge is 0.226 e. The summed E-state index contributed by atoms with van der Waals surface area (Å²) in [5.74, 6) is 1.65. The highest BCUT2D eigenvalue weighted by atomic mass is 15.4. The molecule has 6 heteroatoms. The summed E-state index contributed by atoms with van der Waals surface area (Å²) in [4.78, 5) is 13.8. The predicted octanol–water partition coefficient (Wildman–Crippen LogP) is 4.56. The third kappa shape index (κ3) is 3.29. The van der Waals surface area contributed by atoms with Crippen molar-refractivity contribution in [3.63, 3.8) is 0 Å². The van der Waals surface area contributed by atoms with E-state index in [1.165, 1.54) is 5.56 Å². The second-order valence-electron chi connectivity index (χ2n) is 7.06. The highest BCUT2D eigenvalue weighted by molar-refractivity contribution is 5.92. The van der Waals surface area contributed by atoms with Crippen LogP contribution in [0.2, 0.25) is 0 Å². The molecule has 0 fully saturated rings. The van der Waals surface area contributed by atoms with E-state index in [1.54, 1.807) is 16.9 Å². The molecule has 0 radical (unpaired) electrons. The number of para-hydroxylation sites is 1. The van der Waals surface area contributed by atoms with Crippen LogP contribution in [0.4, 0.5) is 5.95 Å². The van der Waals surface area contributed by atoms with Gasteiger partial charge in [0.05, 0.1) is 5.52 Å². The minimum Gasteiger partial charge on any atom is -0.354 e. The van der Waals surface area contributed by atoms with Gasteiger partial charge in [0.2, 0.25) is 5.95 Å². The Bertz CT molecular complexity index is 1260. The monoisotopic (exact) mass is 380 g/mol. The zero-order chi connectivity index (χ0) is 19.6. The van der Waals surface area contributed by atoms with Gasteiger partial charge < -0.3 is 5.32 Å². The second kappa shape index (κ2) is 7.31. The van der Waals surface area contributed by atoms with Crippen molar-refractivity contribution in [3.8, 4) is 11.4 Å². The Morgan fingerprint density at radius 3 is 2.59 bits per heavy atom. The number of nitrogens with one attached hydrogen (secondary N) is 1. The van der Waals surface area contributed by atoms with E-state index < -0.39 is 0 Å². The summed E-state index contributed by atoms with van der Waals surface area (Å²) >= 11 is 0. The van der Waals surface area contributed by atoms with Crippen molar-refractivity contribution in [2.75, 3.05) is 11.9 Å². The van der Waals surface area contributed by atoms with E-state index in [0.717, 1.165) is 28.7 Å². The Hall–Kier alpha value is -3.80. The molecule has 5 aromatic rings. The standard InChI is InChI=1S/C23H20N6/c1-16(17-8-3-2-4-9-17)14-25-23-26-20-12-6-5-11-19(20)22-27-21(28-29(22)23)18-10-7-13-24-15-18/h2-13,15-16H,14H2,1H3,(H,25,26). The first-order chi connectivity index (χ1) is 14.3. The summed E-state index contributed by atoms with van der Waals surface area (Å²) in [6, 6.07) is 22.3. The van der Waals surface area contributed by atoms with E-state index in [4.69, 9.17) is 15.1 Å². The van der Waals surface area contributed by atoms with Gasteiger partial charge in [0.1, 0.15) is 0 Å². The van der Waals surface area contributed by atoms with Gasteiger partial charge in [-0.05, 0) is 35.7 Å². The van der Waals surface area contributed by atoms with Gasteiger partial charge in [0.15, 0.2) is 11.5 Å². The lowest BCUT2D eigenvalue weighted by atomic mass is 10.0. The maximum Gasteiger partial charge on any atom is 0.226 e. The molecule has 3 aromatic heterocycles. The molecule has 0 aliphatic rings. The normalized spacial score (nSPS) is 12.3. The van der Waals surface area contributed by atoms with Crippen LogP contribution in [0.1, 0.15) is 18.4 Å². The molecule has 1 atom stereocenters. The fraction of sp³-hybridized carbons (Fsp3) is 0.130. The molecule has 0 bridgehead atoms. The van der Waals surface area contributed by atoms with Crippen molar-refractivity contribution < 1.29 is 0 Å². The van der Waals surface area contributed by atoms with Crippen molar-refractivity contribution >= 4 is 22.5 Å². The molecule has 0 saturated carbocycles. The number of pyridine rings is 1. The zero-order valence-corrected chi connectivity index (χ0v) is 16.0. The average molecular weight is 380 g/mol. The van der Waals surface area contributed by atoms with Gasteiger partial charge in [-0.1, -0.05) is 49.4 Å². The van der Waals surface area contributed by atoms with E-state index >= 15 is 0 Å². The Kier molecular flexibility index (Phi) is 4.37. The Labute approximate surface area is 168 Å². The van der Waals surface area contributed by atoms with Crippen molar-refractivity contribution in [2.24, 2.45) is 0 Å². The molecule has 5 rings (SSSR count). The minimum absolute atomic E-state index is 0.334. The molecule has 3 heterocycles. The quantitative estimate of drug-likeness (QED) is 0.484. The maximum absolute atomic E-state index is 4.81. The highest BCUT2D eigenvalue weighted by Crippen LogP contribution is 2.24. The Morgan fingerprint density at radius 1 is 0.931 bits per heavy atom. The van der Waals surface area contributed by atoms with Gasteiger partial charge >= 0.3 is 0 Å². The van der Waals surface area contributed by atoms with Gasteiger partial charge in [0, 0.05) is 29.9 Å². The summed E-state index contributed by atoms with van der Waals surface area (Å²) in [5, 5.41) is 9.17. The number of nitrogens with zero attached hydrogens (tertiary/aromatic N) is 5. The third-order valence-corrected chi connectivity index (χ3v) is 5.03. The fourth-order valence-electron chi connectivity index (χ4n) is 3.43. The van der Waals surface area contributed by atoms with Crippen molar-refractivity contribution in [2.45, 2.75) is 12.8 Å². The van der Waals surface area contributed by atoms with E-state index in [-0.39, 0.29) is 0 Å². The molecule has 142 valence electrons. The first kappa shape index (κ1) is 17.3. The number of anilines is 1. The van der Waals surface area contributed by atoms with Gasteiger partial charge in [-0.25, -0.2) is 9.97 Å². The van der Waals surface area contributed by atoms with E-state index in [0.29, 0.717) is 17.7 Å². The lowest BCUT2D eigenvalue weighted by Gasteiger charge is -2.14. The van der Waals surface area contributed by atoms with Gasteiger partial charge in [-0.3, -0.25) is 4.98 Å². The van der Waals surface area contributed by atoms with Crippen LogP contribution in [0, 0.1) is 0 Å². The predicted molar refractivity (Wildman–Crippen MR) is 115 cm³/mol. The lowest BCUT2D eigenvalue weighted by Crippen LogP contribution is -2.14. The zero-order valence-electron chi connectivity index (χ0n) is 16.0. The first-order valence-electron chi connectivity index (χ1n) is 9.64. The van der Waals surface area contributed by atoms with Crippen molar-refractivity contribution in [3.05, 3.63) is 84.7 Å². The molecule has 0 aliphatic carbocycles. The lowest BCUT2D eigenvalue weighted by molar-refractivity contribution is 0.788. The van der Waals surface area contributed by atoms with Gasteiger partial charge in [0.25, 0.3) is 0 Å². The van der Waals surface area contributed by atoms with Crippen LogP contribution in [0.3, 0.4) is 0 Å². The first-order valence-corrected chi connectivity index (χ1v) is 9.64. The average Bonchev–Trinajstić information content (AvgIpc) is 3.24. The van der Waals surface area contributed by atoms with Crippen molar-refractivity contribution in [1.82, 2.24) is 24.6 Å². The van der Waals surface area contributed by atoms with Crippen LogP contribution in [0.15, 0.2) is 79.1 Å². The minimum atomic E-state index is 0.334. The van der Waals surface area contributed by atoms with E-state index in [9.17, 15) is 0 Å². The molecule has 6 nitrogen and oxygen atoms in total. The molecule has 0 spiro atoms. The van der Waals surface area contributed by atoms with Crippen LogP contribution >= 0.6 is 0 Å². The molecular formula is C23H20N6. The molecule has 1 N–H and O–H groups in total. The number of benzene rings is 2. The molecule has 29 heavy (non-hydrogen) atoms. The van der Waals surface area contributed by atoms with Crippen LogP contribution < -0.4 is 5.32 Å². The number of hydrogen-bond donors (Lipinski definition) is 1. The fourth-order valence-corrected chi connectivity index (χ4v) is 3.43. The highest BCUT2D eigenvalue weighted by Gasteiger charge is 2.15. The van der Waals surface area contributed by atoms with Crippen LogP contribution in [0.25, 0.3) is 27.9 Å². The summed E-state index contributed by atoms with van der Waals surface area (Å²) in [6.45, 7) is 2.94. The number of rotatable bonds is 5. The van der Waals surface area contributed by atoms with Crippen LogP contribution in [-0.2, 0) is 0 Å². The Balaban J connectivity index is 1.57. The Morgan fingerprint density at radius 2 is 1.76 bits per heavy atom. The van der Waals surface area contributed by atoms with Gasteiger partial charge in [-0.2, -0.15) is 4.52 Å². The summed E-state index contributed by atoms with van der Waals surface area (Å²) in [6.07, 6.45) is 3.52. The molecule has 1 unspecified atom stereocenters. The van der Waals surface area contributed by atoms with E-state index in [2.05, 4.69) is 41.5 Å². The SMILES string of the molecule is CC(CNc1nc2ccccc2c2nc(-c3cccnc3)nn12)c1ccccc1. The second-order valence-corrected chi connectivity index (χ2v) is 7.06. The van der Waals surface area contributed by atoms with Crippen molar-refractivity contribution in [1.29, 1.82) is 0 Å². The summed E-state index contributed by atoms with van der Waals surface area (Å²) in [5.41, 5.74) is 3.83. The van der Waals surface area contributed by atoms with Crippen LogP contribution in [0.5, 0.6) is 0 Å². The summed E-state index contributed by atoms with van der Waals surface area (Å²) in [7, 11) is 0. The third-order valence-electron chi connectivity index (χ3n) is 5.03. The van der Waals surface area contributed by atoms with Crippen LogP contribution in [-0.4, -0.2) is 31.1 Å². The molecule has 0 saturated heterocycles. The largest absolute Gasteiger partial charge is 0.354 e. The number of fused-ring (bicyclic) bond motifs is 3. The maximum atomic E-state index is 4.81. The topological polar surface area (TPSA) is 68.0 Å².